The molecule has 1 atom stereocenters. The summed E-state index contributed by atoms with van der Waals surface area (Å²) in [7, 11) is 0. The van der Waals surface area contributed by atoms with Gasteiger partial charge in [-0.05, 0) is 30.0 Å². The molecule has 3 rings (SSSR count). The fourth-order valence-electron chi connectivity index (χ4n) is 2.39. The Balaban J connectivity index is 2.00. The van der Waals surface area contributed by atoms with Crippen LogP contribution >= 0.6 is 11.3 Å². The molecular formula is C18H19N3O2S. The maximum atomic E-state index is 12.7. The highest BCUT2D eigenvalue weighted by Crippen LogP contribution is 2.27. The minimum Gasteiger partial charge on any atom is -0.394 e. The number of hydrogen-bond donors (Lipinski definition) is 2. The van der Waals surface area contributed by atoms with Crippen LogP contribution in [0.15, 0.2) is 54.0 Å². The molecule has 0 bridgehead atoms. The van der Waals surface area contributed by atoms with E-state index in [1.54, 1.807) is 22.2 Å². The van der Waals surface area contributed by atoms with Crippen molar-refractivity contribution in [3.8, 4) is 16.3 Å². The second kappa shape index (κ2) is 7.42. The number of nitrogens with zero attached hydrogens (tertiary/aromatic N) is 2. The van der Waals surface area contributed by atoms with Crippen molar-refractivity contribution in [3.05, 3.63) is 59.6 Å². The molecule has 1 amide bonds. The topological polar surface area (TPSA) is 67.2 Å². The van der Waals surface area contributed by atoms with E-state index < -0.39 is 0 Å². The lowest BCUT2D eigenvalue weighted by Gasteiger charge is -2.13. The van der Waals surface area contributed by atoms with E-state index in [-0.39, 0.29) is 18.6 Å². The zero-order chi connectivity index (χ0) is 16.9. The first-order valence-electron chi connectivity index (χ1n) is 7.83. The summed E-state index contributed by atoms with van der Waals surface area (Å²) in [4.78, 5) is 13.6. The lowest BCUT2D eigenvalue weighted by molar-refractivity contribution is 0.0915. The van der Waals surface area contributed by atoms with Crippen molar-refractivity contribution in [2.24, 2.45) is 0 Å². The zero-order valence-corrected chi connectivity index (χ0v) is 14.2. The molecule has 124 valence electrons. The van der Waals surface area contributed by atoms with Crippen LogP contribution in [0, 0.1) is 0 Å². The van der Waals surface area contributed by atoms with Crippen LogP contribution in [0.5, 0.6) is 0 Å². The average Bonchev–Trinajstić information content (AvgIpc) is 3.29. The van der Waals surface area contributed by atoms with E-state index in [9.17, 15) is 9.90 Å². The second-order valence-corrected chi connectivity index (χ2v) is 6.36. The fraction of sp³-hybridized carbons (Fsp3) is 0.222. The number of benzene rings is 1. The lowest BCUT2D eigenvalue weighted by Crippen LogP contribution is -2.37. The van der Waals surface area contributed by atoms with Gasteiger partial charge in [0.2, 0.25) is 0 Å². The van der Waals surface area contributed by atoms with Crippen LogP contribution in [-0.2, 0) is 0 Å². The molecule has 0 fully saturated rings. The van der Waals surface area contributed by atoms with Crippen LogP contribution in [0.4, 0.5) is 0 Å². The Morgan fingerprint density at radius 1 is 1.29 bits per heavy atom. The van der Waals surface area contributed by atoms with Gasteiger partial charge in [0.15, 0.2) is 0 Å². The standard InChI is InChI=1S/C18H19N3O2S/c1-2-13(12-22)19-18(23)15-11-21(14-7-4-3-5-8-14)20-17(15)16-9-6-10-24-16/h3-11,13,22H,2,12H2,1H3,(H,19,23)/t13-/m1/s1. The molecule has 0 unspecified atom stereocenters. The van der Waals surface area contributed by atoms with E-state index in [0.717, 1.165) is 10.6 Å². The van der Waals surface area contributed by atoms with Crippen molar-refractivity contribution in [2.75, 3.05) is 6.61 Å². The van der Waals surface area contributed by atoms with Crippen LogP contribution in [0.2, 0.25) is 0 Å². The third-order valence-electron chi connectivity index (χ3n) is 3.78. The third kappa shape index (κ3) is 3.39. The molecular weight excluding hydrogens is 322 g/mol. The molecule has 2 N–H and O–H groups in total. The number of para-hydroxylation sites is 1. The Hall–Kier alpha value is -2.44. The van der Waals surface area contributed by atoms with E-state index in [2.05, 4.69) is 10.4 Å². The predicted octanol–water partition coefficient (Wildman–Crippen LogP) is 3.10. The predicted molar refractivity (Wildman–Crippen MR) is 95.5 cm³/mol. The van der Waals surface area contributed by atoms with Gasteiger partial charge in [-0.1, -0.05) is 31.2 Å². The minimum absolute atomic E-state index is 0.0800. The number of carbonyl (C=O) groups is 1. The summed E-state index contributed by atoms with van der Waals surface area (Å²) >= 11 is 1.54. The second-order valence-electron chi connectivity index (χ2n) is 5.41. The molecule has 3 aromatic rings. The number of amides is 1. The monoisotopic (exact) mass is 341 g/mol. The molecule has 5 nitrogen and oxygen atoms in total. The quantitative estimate of drug-likeness (QED) is 0.724. The fourth-order valence-corrected chi connectivity index (χ4v) is 3.11. The van der Waals surface area contributed by atoms with Crippen LogP contribution in [-0.4, -0.2) is 33.4 Å². The van der Waals surface area contributed by atoms with Crippen molar-refractivity contribution < 1.29 is 9.90 Å². The van der Waals surface area contributed by atoms with Gasteiger partial charge in [0, 0.05) is 6.20 Å². The van der Waals surface area contributed by atoms with E-state index in [0.29, 0.717) is 17.7 Å². The molecule has 0 saturated carbocycles. The van der Waals surface area contributed by atoms with Crippen LogP contribution in [0.3, 0.4) is 0 Å². The van der Waals surface area contributed by atoms with Gasteiger partial charge in [0.1, 0.15) is 5.69 Å². The number of aliphatic hydroxyl groups is 1. The van der Waals surface area contributed by atoms with Crippen molar-refractivity contribution in [1.82, 2.24) is 15.1 Å². The highest BCUT2D eigenvalue weighted by Gasteiger charge is 2.21. The first-order valence-corrected chi connectivity index (χ1v) is 8.71. The van der Waals surface area contributed by atoms with E-state index in [4.69, 9.17) is 0 Å². The summed E-state index contributed by atoms with van der Waals surface area (Å²) in [6.45, 7) is 1.85. The molecule has 0 aliphatic rings. The highest BCUT2D eigenvalue weighted by atomic mass is 32.1. The highest BCUT2D eigenvalue weighted by molar-refractivity contribution is 7.13. The first kappa shape index (κ1) is 16.4. The molecule has 0 aliphatic heterocycles. The van der Waals surface area contributed by atoms with Crippen LogP contribution < -0.4 is 5.32 Å². The van der Waals surface area contributed by atoms with Crippen LogP contribution in [0.25, 0.3) is 16.3 Å². The Morgan fingerprint density at radius 2 is 2.08 bits per heavy atom. The minimum atomic E-state index is -0.256. The first-order chi connectivity index (χ1) is 11.7. The lowest BCUT2D eigenvalue weighted by atomic mass is 10.1. The number of thiophene rings is 1. The van der Waals surface area contributed by atoms with Crippen molar-refractivity contribution in [3.63, 3.8) is 0 Å². The van der Waals surface area contributed by atoms with Gasteiger partial charge in [-0.3, -0.25) is 4.79 Å². The van der Waals surface area contributed by atoms with E-state index in [1.807, 2.05) is 54.8 Å². The Morgan fingerprint density at radius 3 is 2.71 bits per heavy atom. The Bertz CT molecular complexity index is 793. The number of carbonyl (C=O) groups excluding carboxylic acids is 1. The Kier molecular flexibility index (Phi) is 5.08. The molecule has 24 heavy (non-hydrogen) atoms. The Labute approximate surface area is 144 Å². The number of aliphatic hydroxyl groups excluding tert-OH is 1. The van der Waals surface area contributed by atoms with Crippen molar-refractivity contribution in [2.45, 2.75) is 19.4 Å². The summed E-state index contributed by atoms with van der Waals surface area (Å²) in [5.74, 6) is -0.221. The third-order valence-corrected chi connectivity index (χ3v) is 4.66. The van der Waals surface area contributed by atoms with Crippen molar-refractivity contribution >= 4 is 17.2 Å². The average molecular weight is 341 g/mol. The largest absolute Gasteiger partial charge is 0.394 e. The normalized spacial score (nSPS) is 12.1. The number of nitrogens with one attached hydrogen (secondary N) is 1. The van der Waals surface area contributed by atoms with Gasteiger partial charge in [-0.15, -0.1) is 11.3 Å². The van der Waals surface area contributed by atoms with E-state index >= 15 is 0 Å². The molecule has 2 heterocycles. The molecule has 0 aliphatic carbocycles. The van der Waals surface area contributed by atoms with E-state index in [1.165, 1.54) is 0 Å². The maximum Gasteiger partial charge on any atom is 0.255 e. The van der Waals surface area contributed by atoms with Gasteiger partial charge >= 0.3 is 0 Å². The zero-order valence-electron chi connectivity index (χ0n) is 13.3. The smallest absolute Gasteiger partial charge is 0.255 e. The molecule has 6 heteroatoms. The number of aromatic nitrogens is 2. The van der Waals surface area contributed by atoms with Gasteiger partial charge in [0.05, 0.1) is 28.8 Å². The van der Waals surface area contributed by atoms with Crippen LogP contribution in [0.1, 0.15) is 23.7 Å². The number of hydrogen-bond acceptors (Lipinski definition) is 4. The van der Waals surface area contributed by atoms with Crippen molar-refractivity contribution in [1.29, 1.82) is 0 Å². The summed E-state index contributed by atoms with van der Waals surface area (Å²) in [5, 5.41) is 18.8. The maximum absolute atomic E-state index is 12.7. The van der Waals surface area contributed by atoms with Gasteiger partial charge in [-0.25, -0.2) is 4.68 Å². The summed E-state index contributed by atoms with van der Waals surface area (Å²) in [6.07, 6.45) is 2.41. The molecule has 0 radical (unpaired) electrons. The SMILES string of the molecule is CC[C@H](CO)NC(=O)c1cn(-c2ccccc2)nc1-c1cccs1. The molecule has 1 aromatic carbocycles. The molecule has 0 saturated heterocycles. The van der Waals surface area contributed by atoms with Gasteiger partial charge < -0.3 is 10.4 Å². The molecule has 0 spiro atoms. The summed E-state index contributed by atoms with van der Waals surface area (Å²) in [6, 6.07) is 13.3. The summed E-state index contributed by atoms with van der Waals surface area (Å²) < 4.78 is 1.71. The van der Waals surface area contributed by atoms with Gasteiger partial charge in [-0.2, -0.15) is 5.10 Å². The molecule has 2 aromatic heterocycles. The summed E-state index contributed by atoms with van der Waals surface area (Å²) in [5.41, 5.74) is 2.05. The van der Waals surface area contributed by atoms with Gasteiger partial charge in [0.25, 0.3) is 5.91 Å². The number of rotatable bonds is 6.